The van der Waals surface area contributed by atoms with E-state index in [1.54, 1.807) is 12.3 Å². The first-order valence-corrected chi connectivity index (χ1v) is 5.55. The summed E-state index contributed by atoms with van der Waals surface area (Å²) >= 11 is 0. The van der Waals surface area contributed by atoms with Gasteiger partial charge in [0.05, 0.1) is 12.5 Å². The van der Waals surface area contributed by atoms with Crippen molar-refractivity contribution in [3.05, 3.63) is 18.0 Å². The first kappa shape index (κ1) is 12.7. The molecule has 0 radical (unpaired) electrons. The van der Waals surface area contributed by atoms with Gasteiger partial charge < -0.3 is 10.1 Å². The molecule has 0 aliphatic carbocycles. The summed E-state index contributed by atoms with van der Waals surface area (Å²) < 4.78 is 5.36. The van der Waals surface area contributed by atoms with Crippen LogP contribution < -0.4 is 5.32 Å². The van der Waals surface area contributed by atoms with Crippen molar-refractivity contribution in [2.75, 3.05) is 13.2 Å². The van der Waals surface area contributed by atoms with Crippen molar-refractivity contribution in [3.63, 3.8) is 0 Å². The average molecular weight is 225 g/mol. The Balaban J connectivity index is 2.03. The van der Waals surface area contributed by atoms with E-state index in [0.29, 0.717) is 19.6 Å². The lowest BCUT2D eigenvalue weighted by Crippen LogP contribution is -2.27. The molecule has 0 spiro atoms. The van der Waals surface area contributed by atoms with Crippen molar-refractivity contribution in [1.29, 1.82) is 0 Å². The zero-order chi connectivity index (χ0) is 11.8. The van der Waals surface area contributed by atoms with Crippen molar-refractivity contribution in [2.45, 2.75) is 32.8 Å². The number of hydrogen-bond donors (Lipinski definition) is 2. The Morgan fingerprint density at radius 1 is 1.62 bits per heavy atom. The van der Waals surface area contributed by atoms with Crippen LogP contribution in [-0.4, -0.2) is 35.4 Å². The van der Waals surface area contributed by atoms with Crippen LogP contribution in [0.2, 0.25) is 0 Å². The highest BCUT2D eigenvalue weighted by atomic mass is 16.5. The van der Waals surface area contributed by atoms with Crippen LogP contribution in [0.3, 0.4) is 0 Å². The van der Waals surface area contributed by atoms with Crippen LogP contribution in [0.25, 0.3) is 0 Å². The summed E-state index contributed by atoms with van der Waals surface area (Å²) in [5, 5.41) is 9.36. The molecular formula is C11H19N3O2. The Morgan fingerprint density at radius 2 is 2.44 bits per heavy atom. The monoisotopic (exact) mass is 225 g/mol. The summed E-state index contributed by atoms with van der Waals surface area (Å²) in [5.41, 5.74) is 0.830. The van der Waals surface area contributed by atoms with E-state index in [-0.39, 0.29) is 12.0 Å². The van der Waals surface area contributed by atoms with Gasteiger partial charge in [0.2, 0.25) is 5.91 Å². The zero-order valence-corrected chi connectivity index (χ0v) is 9.82. The number of aromatic amines is 1. The van der Waals surface area contributed by atoms with E-state index >= 15 is 0 Å². The molecule has 0 aliphatic heterocycles. The molecule has 1 aromatic rings. The van der Waals surface area contributed by atoms with E-state index in [0.717, 1.165) is 12.1 Å². The number of carbonyl (C=O) groups excluding carboxylic acids is 1. The number of rotatable bonds is 7. The molecule has 0 fully saturated rings. The second-order valence-corrected chi connectivity index (χ2v) is 3.88. The van der Waals surface area contributed by atoms with Gasteiger partial charge in [-0.2, -0.15) is 5.10 Å². The zero-order valence-electron chi connectivity index (χ0n) is 9.82. The molecule has 0 aromatic carbocycles. The van der Waals surface area contributed by atoms with Gasteiger partial charge in [0.1, 0.15) is 0 Å². The molecule has 1 rings (SSSR count). The van der Waals surface area contributed by atoms with Crippen LogP contribution in [-0.2, 0) is 16.0 Å². The van der Waals surface area contributed by atoms with Crippen molar-refractivity contribution < 1.29 is 9.53 Å². The van der Waals surface area contributed by atoms with Crippen LogP contribution in [0.15, 0.2) is 12.3 Å². The summed E-state index contributed by atoms with van der Waals surface area (Å²) in [6.45, 7) is 5.33. The number of hydrogen-bond acceptors (Lipinski definition) is 3. The maximum Gasteiger partial charge on any atom is 0.225 e. The summed E-state index contributed by atoms with van der Waals surface area (Å²) in [6.07, 6.45) is 3.08. The predicted molar refractivity (Wildman–Crippen MR) is 61.0 cm³/mol. The minimum atomic E-state index is 0.00815. The summed E-state index contributed by atoms with van der Waals surface area (Å²) in [7, 11) is 0. The maximum absolute atomic E-state index is 11.4. The molecule has 90 valence electrons. The molecule has 1 heterocycles. The molecule has 2 N–H and O–H groups in total. The van der Waals surface area contributed by atoms with E-state index in [4.69, 9.17) is 4.74 Å². The Morgan fingerprint density at radius 3 is 3.06 bits per heavy atom. The standard InChI is InChI=1S/C11H19N3O2/c1-9(2)16-7-3-5-12-11(15)8-10-4-6-13-14-10/h4,6,9H,3,5,7-8H2,1-2H3,(H,12,15)(H,13,14). The van der Waals surface area contributed by atoms with Crippen LogP contribution in [0.4, 0.5) is 0 Å². The van der Waals surface area contributed by atoms with E-state index in [2.05, 4.69) is 15.5 Å². The summed E-state index contributed by atoms with van der Waals surface area (Å²) in [4.78, 5) is 11.4. The molecule has 0 bridgehead atoms. The van der Waals surface area contributed by atoms with Crippen LogP contribution in [0.1, 0.15) is 26.0 Å². The Hall–Kier alpha value is -1.36. The molecule has 1 amide bonds. The summed E-state index contributed by atoms with van der Waals surface area (Å²) in [5.74, 6) is 0.00815. The lowest BCUT2D eigenvalue weighted by atomic mass is 10.3. The second kappa shape index (κ2) is 7.00. The SMILES string of the molecule is CC(C)OCCCNC(=O)Cc1ccn[nH]1. The number of aromatic nitrogens is 2. The van der Waals surface area contributed by atoms with Gasteiger partial charge >= 0.3 is 0 Å². The first-order chi connectivity index (χ1) is 7.68. The molecule has 0 atom stereocenters. The number of nitrogens with zero attached hydrogens (tertiary/aromatic N) is 1. The smallest absolute Gasteiger partial charge is 0.225 e. The highest BCUT2D eigenvalue weighted by molar-refractivity contribution is 5.77. The van der Waals surface area contributed by atoms with Gasteiger partial charge in [-0.25, -0.2) is 0 Å². The van der Waals surface area contributed by atoms with E-state index < -0.39 is 0 Å². The van der Waals surface area contributed by atoms with Gasteiger partial charge in [-0.05, 0) is 26.3 Å². The minimum absolute atomic E-state index is 0.00815. The lowest BCUT2D eigenvalue weighted by Gasteiger charge is -2.07. The molecule has 0 saturated heterocycles. The van der Waals surface area contributed by atoms with Crippen molar-refractivity contribution in [2.24, 2.45) is 0 Å². The molecule has 1 aromatic heterocycles. The van der Waals surface area contributed by atoms with Gasteiger partial charge in [-0.1, -0.05) is 0 Å². The van der Waals surface area contributed by atoms with Crippen LogP contribution >= 0.6 is 0 Å². The van der Waals surface area contributed by atoms with Gasteiger partial charge in [0.25, 0.3) is 0 Å². The van der Waals surface area contributed by atoms with E-state index in [1.807, 2.05) is 13.8 Å². The molecular weight excluding hydrogens is 206 g/mol. The van der Waals surface area contributed by atoms with E-state index in [9.17, 15) is 4.79 Å². The first-order valence-electron chi connectivity index (χ1n) is 5.55. The normalized spacial score (nSPS) is 10.7. The number of H-pyrrole nitrogens is 1. The number of nitrogens with one attached hydrogen (secondary N) is 2. The minimum Gasteiger partial charge on any atom is -0.379 e. The highest BCUT2D eigenvalue weighted by Gasteiger charge is 2.03. The second-order valence-electron chi connectivity index (χ2n) is 3.88. The number of ether oxygens (including phenoxy) is 1. The van der Waals surface area contributed by atoms with Crippen LogP contribution in [0, 0.1) is 0 Å². The summed E-state index contributed by atoms with van der Waals surface area (Å²) in [6, 6.07) is 1.79. The molecule has 16 heavy (non-hydrogen) atoms. The number of carbonyl (C=O) groups is 1. The Kier molecular flexibility index (Phi) is 5.56. The lowest BCUT2D eigenvalue weighted by molar-refractivity contribution is -0.120. The van der Waals surface area contributed by atoms with Crippen LogP contribution in [0.5, 0.6) is 0 Å². The van der Waals surface area contributed by atoms with Crippen molar-refractivity contribution in [3.8, 4) is 0 Å². The number of amides is 1. The fourth-order valence-corrected chi connectivity index (χ4v) is 1.24. The van der Waals surface area contributed by atoms with Gasteiger partial charge in [0.15, 0.2) is 0 Å². The molecule has 0 saturated carbocycles. The fourth-order valence-electron chi connectivity index (χ4n) is 1.24. The van der Waals surface area contributed by atoms with E-state index in [1.165, 1.54) is 0 Å². The van der Waals surface area contributed by atoms with Crippen molar-refractivity contribution >= 4 is 5.91 Å². The van der Waals surface area contributed by atoms with Gasteiger partial charge in [-0.15, -0.1) is 0 Å². The fraction of sp³-hybridized carbons (Fsp3) is 0.636. The molecule has 5 heteroatoms. The third-order valence-electron chi connectivity index (χ3n) is 2.00. The molecule has 0 aliphatic rings. The quantitative estimate of drug-likeness (QED) is 0.677. The average Bonchev–Trinajstić information content (AvgIpc) is 2.69. The third kappa shape index (κ3) is 5.50. The third-order valence-corrected chi connectivity index (χ3v) is 2.00. The topological polar surface area (TPSA) is 67.0 Å². The van der Waals surface area contributed by atoms with Crippen molar-refractivity contribution in [1.82, 2.24) is 15.5 Å². The Bertz CT molecular complexity index is 296. The van der Waals surface area contributed by atoms with Gasteiger partial charge in [0, 0.05) is 25.0 Å². The molecule has 5 nitrogen and oxygen atoms in total. The maximum atomic E-state index is 11.4. The highest BCUT2D eigenvalue weighted by Crippen LogP contribution is 1.93. The molecule has 0 unspecified atom stereocenters. The largest absolute Gasteiger partial charge is 0.379 e. The predicted octanol–water partition coefficient (Wildman–Crippen LogP) is 0.883. The van der Waals surface area contributed by atoms with Gasteiger partial charge in [-0.3, -0.25) is 9.89 Å². The Labute approximate surface area is 95.6 Å².